The lowest BCUT2D eigenvalue weighted by atomic mass is 9.95. The number of amides is 1. The first-order valence-corrected chi connectivity index (χ1v) is 11.6. The molecule has 0 aliphatic carbocycles. The van der Waals surface area contributed by atoms with Crippen LogP contribution in [0.15, 0.2) is 54.1 Å². The minimum Gasteiger partial charge on any atom is -0.507 e. The van der Waals surface area contributed by atoms with E-state index in [0.29, 0.717) is 33.6 Å². The highest BCUT2D eigenvalue weighted by Gasteiger charge is 2.48. The molecule has 8 heteroatoms. The smallest absolute Gasteiger partial charge is 0.301 e. The summed E-state index contributed by atoms with van der Waals surface area (Å²) < 4.78 is 5.85. The van der Waals surface area contributed by atoms with Crippen molar-refractivity contribution in [3.05, 3.63) is 75.8 Å². The maximum atomic E-state index is 13.2. The van der Waals surface area contributed by atoms with Crippen molar-refractivity contribution in [2.24, 2.45) is 0 Å². The fourth-order valence-electron chi connectivity index (χ4n) is 3.70. The molecule has 0 saturated carbocycles. The number of hydrogen-bond donors (Lipinski definition) is 1. The lowest BCUT2D eigenvalue weighted by Gasteiger charge is -2.23. The van der Waals surface area contributed by atoms with E-state index in [9.17, 15) is 14.7 Å². The standard InChI is InChI=1S/C25H25N3O4S/c1-4-5-13-32-19-8-6-7-18(14-19)21-20(22(29)17-11-9-15(2)10-12-17)23(30)24(31)28(21)25-27-26-16(3)33-25/h6-12,14,21,29H,4-5,13H2,1-3H3/b22-20+. The van der Waals surface area contributed by atoms with Crippen LogP contribution in [0, 0.1) is 13.8 Å². The van der Waals surface area contributed by atoms with Gasteiger partial charge in [0.15, 0.2) is 0 Å². The summed E-state index contributed by atoms with van der Waals surface area (Å²) >= 11 is 1.22. The van der Waals surface area contributed by atoms with Crippen molar-refractivity contribution in [2.75, 3.05) is 11.5 Å². The Kier molecular flexibility index (Phi) is 6.55. The predicted molar refractivity (Wildman–Crippen MR) is 127 cm³/mol. The first-order chi connectivity index (χ1) is 15.9. The molecular weight excluding hydrogens is 438 g/mol. The van der Waals surface area contributed by atoms with Crippen LogP contribution in [0.4, 0.5) is 5.13 Å². The molecule has 1 amide bonds. The van der Waals surface area contributed by atoms with Gasteiger partial charge in [-0.1, -0.05) is 66.6 Å². The first-order valence-electron chi connectivity index (χ1n) is 10.8. The molecule has 4 rings (SSSR count). The summed E-state index contributed by atoms with van der Waals surface area (Å²) in [5, 5.41) is 20.3. The molecule has 1 N–H and O–H groups in total. The van der Waals surface area contributed by atoms with Gasteiger partial charge in [0.05, 0.1) is 18.2 Å². The topological polar surface area (TPSA) is 92.6 Å². The number of ether oxygens (including phenoxy) is 1. The number of aliphatic hydroxyl groups excluding tert-OH is 1. The van der Waals surface area contributed by atoms with Crippen LogP contribution < -0.4 is 9.64 Å². The van der Waals surface area contributed by atoms with Gasteiger partial charge in [0, 0.05) is 5.56 Å². The minimum atomic E-state index is -0.853. The minimum absolute atomic E-state index is 0.0161. The van der Waals surface area contributed by atoms with E-state index >= 15 is 0 Å². The van der Waals surface area contributed by atoms with E-state index in [1.165, 1.54) is 16.2 Å². The largest absolute Gasteiger partial charge is 0.507 e. The molecule has 3 aromatic rings. The molecule has 1 aromatic heterocycles. The Morgan fingerprint density at radius 1 is 1.12 bits per heavy atom. The fourth-order valence-corrected chi connectivity index (χ4v) is 4.42. The van der Waals surface area contributed by atoms with Gasteiger partial charge in [0.1, 0.15) is 16.5 Å². The van der Waals surface area contributed by atoms with Gasteiger partial charge in [0.2, 0.25) is 5.13 Å². The van der Waals surface area contributed by atoms with Crippen LogP contribution in [0.25, 0.3) is 5.76 Å². The number of nitrogens with zero attached hydrogens (tertiary/aromatic N) is 3. The second-order valence-electron chi connectivity index (χ2n) is 7.91. The second kappa shape index (κ2) is 9.54. The van der Waals surface area contributed by atoms with E-state index in [0.717, 1.165) is 18.4 Å². The summed E-state index contributed by atoms with van der Waals surface area (Å²) in [6.45, 7) is 6.37. The van der Waals surface area contributed by atoms with Crippen LogP contribution in [0.3, 0.4) is 0 Å². The van der Waals surface area contributed by atoms with Gasteiger partial charge in [-0.15, -0.1) is 10.2 Å². The van der Waals surface area contributed by atoms with Gasteiger partial charge >= 0.3 is 5.91 Å². The molecule has 7 nitrogen and oxygen atoms in total. The fraction of sp³-hybridized carbons (Fsp3) is 0.280. The Hall–Kier alpha value is -3.52. The molecule has 2 aromatic carbocycles. The van der Waals surface area contributed by atoms with E-state index in [2.05, 4.69) is 17.1 Å². The van der Waals surface area contributed by atoms with E-state index in [1.807, 2.05) is 37.3 Å². The molecule has 170 valence electrons. The maximum absolute atomic E-state index is 13.2. The van der Waals surface area contributed by atoms with Gasteiger partial charge in [-0.25, -0.2) is 0 Å². The second-order valence-corrected chi connectivity index (χ2v) is 9.07. The van der Waals surface area contributed by atoms with Crippen LogP contribution in [0.1, 0.15) is 47.5 Å². The van der Waals surface area contributed by atoms with Crippen molar-refractivity contribution in [1.29, 1.82) is 0 Å². The van der Waals surface area contributed by atoms with Gasteiger partial charge in [0.25, 0.3) is 5.78 Å². The Morgan fingerprint density at radius 2 is 1.88 bits per heavy atom. The normalized spacial score (nSPS) is 17.5. The summed E-state index contributed by atoms with van der Waals surface area (Å²) in [5.74, 6) is -1.10. The number of benzene rings is 2. The highest BCUT2D eigenvalue weighted by molar-refractivity contribution is 7.15. The van der Waals surface area contributed by atoms with E-state index in [4.69, 9.17) is 4.74 Å². The summed E-state index contributed by atoms with van der Waals surface area (Å²) in [7, 11) is 0. The van der Waals surface area contributed by atoms with Crippen LogP contribution >= 0.6 is 11.3 Å². The SMILES string of the molecule is CCCCOc1cccc(C2/C(=C(\O)c3ccc(C)cc3)C(=O)C(=O)N2c2nnc(C)s2)c1. The third-order valence-corrected chi connectivity index (χ3v) is 6.27. The molecule has 33 heavy (non-hydrogen) atoms. The van der Waals surface area contributed by atoms with E-state index < -0.39 is 17.7 Å². The van der Waals surface area contributed by atoms with Gasteiger partial charge < -0.3 is 9.84 Å². The number of carbonyl (C=O) groups excluding carboxylic acids is 2. The molecule has 1 atom stereocenters. The van der Waals surface area contributed by atoms with Crippen LogP contribution in [0.2, 0.25) is 0 Å². The van der Waals surface area contributed by atoms with Crippen molar-refractivity contribution in [3.63, 3.8) is 0 Å². The van der Waals surface area contributed by atoms with Crippen molar-refractivity contribution in [1.82, 2.24) is 10.2 Å². The summed E-state index contributed by atoms with van der Waals surface area (Å²) in [5.41, 5.74) is 2.14. The number of rotatable bonds is 7. The zero-order chi connectivity index (χ0) is 23.5. The van der Waals surface area contributed by atoms with Crippen LogP contribution in [-0.4, -0.2) is 33.6 Å². The number of unbranched alkanes of at least 4 members (excludes halogenated alkanes) is 1. The molecule has 0 spiro atoms. The molecule has 1 aliphatic heterocycles. The molecule has 1 aliphatic rings. The number of Topliss-reactive ketones (excluding diaryl/α,β-unsaturated/α-hetero) is 1. The van der Waals surface area contributed by atoms with Crippen LogP contribution in [-0.2, 0) is 9.59 Å². The number of carbonyl (C=O) groups is 2. The van der Waals surface area contributed by atoms with Crippen molar-refractivity contribution in [3.8, 4) is 5.75 Å². The number of aromatic nitrogens is 2. The third-order valence-electron chi connectivity index (χ3n) is 5.43. The molecule has 0 radical (unpaired) electrons. The summed E-state index contributed by atoms with van der Waals surface area (Å²) in [6, 6.07) is 13.6. The van der Waals surface area contributed by atoms with Gasteiger partial charge in [-0.3, -0.25) is 14.5 Å². The molecule has 0 bridgehead atoms. The Balaban J connectivity index is 1.86. The Bertz CT molecular complexity index is 1220. The molecule has 2 heterocycles. The zero-order valence-electron chi connectivity index (χ0n) is 18.7. The van der Waals surface area contributed by atoms with Crippen molar-refractivity contribution < 1.29 is 19.4 Å². The van der Waals surface area contributed by atoms with E-state index in [1.54, 1.807) is 25.1 Å². The molecular formula is C25H25N3O4S. The Morgan fingerprint density at radius 3 is 2.55 bits per heavy atom. The predicted octanol–water partition coefficient (Wildman–Crippen LogP) is 4.96. The lowest BCUT2D eigenvalue weighted by Crippen LogP contribution is -2.29. The van der Waals surface area contributed by atoms with E-state index in [-0.39, 0.29) is 11.3 Å². The number of ketones is 1. The molecule has 1 saturated heterocycles. The van der Waals surface area contributed by atoms with Gasteiger partial charge in [-0.2, -0.15) is 0 Å². The zero-order valence-corrected chi connectivity index (χ0v) is 19.6. The number of hydrogen-bond acceptors (Lipinski definition) is 7. The average molecular weight is 464 g/mol. The number of aryl methyl sites for hydroxylation is 2. The lowest BCUT2D eigenvalue weighted by molar-refractivity contribution is -0.132. The molecule has 1 unspecified atom stereocenters. The summed E-state index contributed by atoms with van der Waals surface area (Å²) in [6.07, 6.45) is 1.92. The highest BCUT2D eigenvalue weighted by Crippen LogP contribution is 2.43. The summed E-state index contributed by atoms with van der Waals surface area (Å²) in [4.78, 5) is 27.6. The van der Waals surface area contributed by atoms with Crippen LogP contribution in [0.5, 0.6) is 5.75 Å². The van der Waals surface area contributed by atoms with Crippen molar-refractivity contribution >= 4 is 33.9 Å². The Labute approximate surface area is 196 Å². The highest BCUT2D eigenvalue weighted by atomic mass is 32.1. The first kappa shape index (κ1) is 22.7. The number of aliphatic hydroxyl groups is 1. The number of anilines is 1. The monoisotopic (exact) mass is 463 g/mol. The average Bonchev–Trinajstić information content (AvgIpc) is 3.35. The maximum Gasteiger partial charge on any atom is 0.301 e. The molecule has 1 fully saturated rings. The van der Waals surface area contributed by atoms with Crippen molar-refractivity contribution in [2.45, 2.75) is 39.7 Å². The quantitative estimate of drug-likeness (QED) is 0.230. The third kappa shape index (κ3) is 4.52. The van der Waals surface area contributed by atoms with Gasteiger partial charge in [-0.05, 0) is 38.0 Å².